The third kappa shape index (κ3) is 4.34. The van der Waals surface area contributed by atoms with Crippen molar-refractivity contribution >= 4 is 28.7 Å². The summed E-state index contributed by atoms with van der Waals surface area (Å²) < 4.78 is 6.64. The standard InChI is InChI=1S/C15H21IO/c1-6-7-12-8-11(10-15(2,3)4)9-13(16)14(12)17-5/h6-9H,10H2,1-5H3/b7-6-. The van der Waals surface area contributed by atoms with Crippen molar-refractivity contribution in [1.82, 2.24) is 0 Å². The van der Waals surface area contributed by atoms with E-state index in [1.807, 2.05) is 6.92 Å². The Morgan fingerprint density at radius 1 is 1.29 bits per heavy atom. The molecule has 0 fully saturated rings. The van der Waals surface area contributed by atoms with E-state index in [2.05, 4.69) is 67.6 Å². The molecule has 0 atom stereocenters. The fourth-order valence-corrected chi connectivity index (χ4v) is 2.84. The molecule has 0 saturated heterocycles. The molecule has 0 heterocycles. The van der Waals surface area contributed by atoms with Crippen molar-refractivity contribution < 1.29 is 4.74 Å². The SMILES string of the molecule is C/C=C\c1cc(CC(C)(C)C)cc(I)c1OC. The zero-order chi connectivity index (χ0) is 13.1. The van der Waals surface area contributed by atoms with E-state index < -0.39 is 0 Å². The number of ether oxygens (including phenoxy) is 1. The molecule has 0 N–H and O–H groups in total. The molecule has 0 radical (unpaired) electrons. The van der Waals surface area contributed by atoms with Crippen molar-refractivity contribution in [3.63, 3.8) is 0 Å². The number of methoxy groups -OCH3 is 1. The van der Waals surface area contributed by atoms with Crippen molar-refractivity contribution in [2.75, 3.05) is 7.11 Å². The van der Waals surface area contributed by atoms with E-state index in [1.54, 1.807) is 7.11 Å². The zero-order valence-electron chi connectivity index (χ0n) is 11.3. The summed E-state index contributed by atoms with van der Waals surface area (Å²) >= 11 is 2.34. The van der Waals surface area contributed by atoms with Crippen LogP contribution in [0, 0.1) is 8.99 Å². The van der Waals surface area contributed by atoms with Crippen LogP contribution in [0.2, 0.25) is 0 Å². The number of hydrogen-bond acceptors (Lipinski definition) is 1. The number of allylic oxidation sites excluding steroid dienone is 1. The molecule has 0 unspecified atom stereocenters. The minimum absolute atomic E-state index is 0.310. The van der Waals surface area contributed by atoms with Crippen molar-refractivity contribution in [2.24, 2.45) is 5.41 Å². The summed E-state index contributed by atoms with van der Waals surface area (Å²) in [5, 5.41) is 0. The first kappa shape index (κ1) is 14.6. The normalized spacial score (nSPS) is 12.1. The van der Waals surface area contributed by atoms with Crippen LogP contribution in [0.3, 0.4) is 0 Å². The largest absolute Gasteiger partial charge is 0.495 e. The molecule has 0 aliphatic rings. The highest BCUT2D eigenvalue weighted by atomic mass is 127. The lowest BCUT2D eigenvalue weighted by molar-refractivity contribution is 0.404. The van der Waals surface area contributed by atoms with Gasteiger partial charge in [0.1, 0.15) is 5.75 Å². The third-order valence-electron chi connectivity index (χ3n) is 2.42. The van der Waals surface area contributed by atoms with Crippen molar-refractivity contribution in [2.45, 2.75) is 34.1 Å². The van der Waals surface area contributed by atoms with Gasteiger partial charge in [-0.05, 0) is 59.0 Å². The molecule has 0 saturated carbocycles. The Labute approximate surface area is 118 Å². The van der Waals surface area contributed by atoms with Gasteiger partial charge < -0.3 is 4.74 Å². The van der Waals surface area contributed by atoms with Gasteiger partial charge in [0.2, 0.25) is 0 Å². The average molecular weight is 344 g/mol. The van der Waals surface area contributed by atoms with Crippen LogP contribution in [-0.2, 0) is 6.42 Å². The lowest BCUT2D eigenvalue weighted by atomic mass is 9.87. The highest BCUT2D eigenvalue weighted by Crippen LogP contribution is 2.31. The summed E-state index contributed by atoms with van der Waals surface area (Å²) in [5.74, 6) is 0.973. The van der Waals surface area contributed by atoms with Crippen molar-refractivity contribution in [3.8, 4) is 5.75 Å². The van der Waals surface area contributed by atoms with E-state index >= 15 is 0 Å². The van der Waals surface area contributed by atoms with Crippen molar-refractivity contribution in [3.05, 3.63) is 32.9 Å². The Bertz CT molecular complexity index is 414. The Kier molecular flexibility index (Phi) is 5.04. The second-order valence-corrected chi connectivity index (χ2v) is 6.60. The van der Waals surface area contributed by atoms with E-state index in [0.717, 1.165) is 12.2 Å². The van der Waals surface area contributed by atoms with E-state index in [4.69, 9.17) is 4.74 Å². The Hall–Kier alpha value is -0.510. The molecule has 0 aliphatic carbocycles. The van der Waals surface area contributed by atoms with Gasteiger partial charge in [0.15, 0.2) is 0 Å². The zero-order valence-corrected chi connectivity index (χ0v) is 13.5. The van der Waals surface area contributed by atoms with Gasteiger partial charge in [-0.3, -0.25) is 0 Å². The Morgan fingerprint density at radius 2 is 1.94 bits per heavy atom. The molecule has 94 valence electrons. The van der Waals surface area contributed by atoms with Crippen molar-refractivity contribution in [1.29, 1.82) is 0 Å². The molecule has 2 heteroatoms. The maximum atomic E-state index is 5.46. The van der Waals surface area contributed by atoms with Gasteiger partial charge in [-0.2, -0.15) is 0 Å². The van der Waals surface area contributed by atoms with Gasteiger partial charge in [-0.25, -0.2) is 0 Å². The first-order valence-corrected chi connectivity index (χ1v) is 6.94. The van der Waals surface area contributed by atoms with Crippen LogP contribution in [0.4, 0.5) is 0 Å². The Balaban J connectivity index is 3.19. The molecule has 1 aromatic rings. The van der Waals surface area contributed by atoms with Gasteiger partial charge in [-0.1, -0.05) is 32.9 Å². The number of rotatable bonds is 3. The fourth-order valence-electron chi connectivity index (χ4n) is 1.91. The van der Waals surface area contributed by atoms with Crippen LogP contribution in [0.15, 0.2) is 18.2 Å². The minimum atomic E-state index is 0.310. The third-order valence-corrected chi connectivity index (χ3v) is 3.22. The smallest absolute Gasteiger partial charge is 0.139 e. The first-order valence-electron chi connectivity index (χ1n) is 5.86. The predicted octanol–water partition coefficient (Wildman–Crippen LogP) is 4.92. The summed E-state index contributed by atoms with van der Waals surface area (Å²) in [6.07, 6.45) is 5.24. The van der Waals surface area contributed by atoms with Crippen LogP contribution >= 0.6 is 22.6 Å². The van der Waals surface area contributed by atoms with Crippen LogP contribution in [0.1, 0.15) is 38.8 Å². The van der Waals surface area contributed by atoms with E-state index in [0.29, 0.717) is 5.41 Å². The van der Waals surface area contributed by atoms with Gasteiger partial charge in [-0.15, -0.1) is 0 Å². The molecule has 1 nitrogen and oxygen atoms in total. The number of hydrogen-bond donors (Lipinski definition) is 0. The topological polar surface area (TPSA) is 9.23 Å². The molecular weight excluding hydrogens is 323 g/mol. The molecule has 0 spiro atoms. The van der Waals surface area contributed by atoms with Gasteiger partial charge in [0, 0.05) is 5.56 Å². The molecule has 17 heavy (non-hydrogen) atoms. The highest BCUT2D eigenvalue weighted by Gasteiger charge is 2.14. The molecular formula is C15H21IO. The maximum Gasteiger partial charge on any atom is 0.139 e. The van der Waals surface area contributed by atoms with Gasteiger partial charge in [0.25, 0.3) is 0 Å². The molecule has 0 amide bonds. The fraction of sp³-hybridized carbons (Fsp3) is 0.467. The van der Waals surface area contributed by atoms with E-state index in [-0.39, 0.29) is 0 Å². The minimum Gasteiger partial charge on any atom is -0.495 e. The van der Waals surface area contributed by atoms with Crippen LogP contribution in [-0.4, -0.2) is 7.11 Å². The van der Waals surface area contributed by atoms with E-state index in [9.17, 15) is 0 Å². The highest BCUT2D eigenvalue weighted by molar-refractivity contribution is 14.1. The maximum absolute atomic E-state index is 5.46. The second kappa shape index (κ2) is 5.89. The molecule has 1 rings (SSSR count). The predicted molar refractivity (Wildman–Crippen MR) is 83.6 cm³/mol. The van der Waals surface area contributed by atoms with Crippen LogP contribution in [0.5, 0.6) is 5.75 Å². The lowest BCUT2D eigenvalue weighted by Gasteiger charge is -2.19. The monoisotopic (exact) mass is 344 g/mol. The van der Waals surface area contributed by atoms with E-state index in [1.165, 1.54) is 14.7 Å². The molecule has 0 aromatic heterocycles. The van der Waals surface area contributed by atoms with Gasteiger partial charge >= 0.3 is 0 Å². The molecule has 1 aromatic carbocycles. The summed E-state index contributed by atoms with van der Waals surface area (Å²) in [6.45, 7) is 8.82. The summed E-state index contributed by atoms with van der Waals surface area (Å²) in [4.78, 5) is 0. The summed E-state index contributed by atoms with van der Waals surface area (Å²) in [7, 11) is 1.73. The number of benzene rings is 1. The number of halogens is 1. The second-order valence-electron chi connectivity index (χ2n) is 5.44. The summed E-state index contributed by atoms with van der Waals surface area (Å²) in [6, 6.07) is 4.45. The Morgan fingerprint density at radius 3 is 2.41 bits per heavy atom. The molecule has 0 aliphatic heterocycles. The quantitative estimate of drug-likeness (QED) is 0.707. The first-order chi connectivity index (χ1) is 7.87. The average Bonchev–Trinajstić information content (AvgIpc) is 2.15. The summed E-state index contributed by atoms with van der Waals surface area (Å²) in [5.41, 5.74) is 2.85. The molecule has 0 bridgehead atoms. The van der Waals surface area contributed by atoms with Gasteiger partial charge in [0.05, 0.1) is 10.7 Å². The van der Waals surface area contributed by atoms with Crippen LogP contribution < -0.4 is 4.74 Å². The lowest BCUT2D eigenvalue weighted by Crippen LogP contribution is -2.09. The van der Waals surface area contributed by atoms with Crippen LogP contribution in [0.25, 0.3) is 6.08 Å².